The number of amides is 2. The number of nitrogens with one attached hydrogen (secondary N) is 2. The number of piperazine rings is 1. The second-order valence-electron chi connectivity index (χ2n) is 7.36. The molecule has 0 radical (unpaired) electrons. The second kappa shape index (κ2) is 8.69. The molecule has 2 fully saturated rings. The molecule has 2 amide bonds. The number of hydrogen-bond acceptors (Lipinski definition) is 5. The maximum absolute atomic E-state index is 12.7. The lowest BCUT2D eigenvalue weighted by Crippen LogP contribution is -2.56. The van der Waals surface area contributed by atoms with E-state index >= 15 is 0 Å². The average molecular weight is 378 g/mol. The van der Waals surface area contributed by atoms with Gasteiger partial charge in [0.05, 0.1) is 12.5 Å². The Labute approximate surface area is 159 Å². The predicted molar refractivity (Wildman–Crippen MR) is 100 cm³/mol. The molecule has 0 aliphatic carbocycles. The molecule has 0 saturated carbocycles. The Morgan fingerprint density at radius 1 is 1.15 bits per heavy atom. The number of nitrogens with zero attached hydrogens (tertiary/aromatic N) is 4. The Morgan fingerprint density at radius 2 is 1.89 bits per heavy atom. The number of piperidine rings is 1. The number of likely N-dealkylation sites (N-methyl/N-ethyl adjacent to an activating group) is 1. The van der Waals surface area contributed by atoms with Gasteiger partial charge in [-0.05, 0) is 32.2 Å². The average Bonchev–Trinajstić information content (AvgIpc) is 3.03. The molecule has 150 valence electrons. The molecule has 0 aromatic carbocycles. The minimum absolute atomic E-state index is 0.0394. The maximum Gasteiger partial charge on any atom is 0.343 e. The Balaban J connectivity index is 1.51. The zero-order valence-corrected chi connectivity index (χ0v) is 16.2. The molecule has 2 N–H and O–H groups in total. The van der Waals surface area contributed by atoms with Gasteiger partial charge in [0.1, 0.15) is 5.82 Å². The van der Waals surface area contributed by atoms with Crippen molar-refractivity contribution >= 4 is 11.8 Å². The van der Waals surface area contributed by atoms with E-state index in [2.05, 4.69) is 20.4 Å². The van der Waals surface area contributed by atoms with Crippen LogP contribution in [0.25, 0.3) is 0 Å². The van der Waals surface area contributed by atoms with Crippen LogP contribution >= 0.6 is 0 Å². The normalized spacial score (nSPS) is 22.1. The van der Waals surface area contributed by atoms with E-state index in [4.69, 9.17) is 0 Å². The lowest BCUT2D eigenvalue weighted by atomic mass is 9.92. The van der Waals surface area contributed by atoms with E-state index in [0.29, 0.717) is 32.1 Å². The zero-order valence-electron chi connectivity index (χ0n) is 16.2. The SMILES string of the molecule is CCN1CCNC(=O)[C@H]1CC(=O)N1CCC(Cc2n[nH]c(=O)n2CC)CC1. The molecular formula is C18H30N6O3. The molecule has 1 aromatic heterocycles. The summed E-state index contributed by atoms with van der Waals surface area (Å²) in [5.41, 5.74) is -0.161. The van der Waals surface area contributed by atoms with Crippen molar-refractivity contribution in [1.82, 2.24) is 29.9 Å². The largest absolute Gasteiger partial charge is 0.353 e. The lowest BCUT2D eigenvalue weighted by Gasteiger charge is -2.36. The van der Waals surface area contributed by atoms with Gasteiger partial charge in [-0.2, -0.15) is 5.10 Å². The fourth-order valence-electron chi connectivity index (χ4n) is 4.13. The van der Waals surface area contributed by atoms with Crippen LogP contribution in [0.4, 0.5) is 0 Å². The molecule has 1 atom stereocenters. The van der Waals surface area contributed by atoms with Crippen molar-refractivity contribution < 1.29 is 9.59 Å². The van der Waals surface area contributed by atoms with E-state index < -0.39 is 0 Å². The van der Waals surface area contributed by atoms with Crippen LogP contribution in [0, 0.1) is 5.92 Å². The minimum Gasteiger partial charge on any atom is -0.353 e. The molecule has 0 spiro atoms. The molecule has 1 aromatic rings. The highest BCUT2D eigenvalue weighted by Crippen LogP contribution is 2.22. The predicted octanol–water partition coefficient (Wildman–Crippen LogP) is -0.417. The van der Waals surface area contributed by atoms with Crippen LogP contribution in [0.3, 0.4) is 0 Å². The summed E-state index contributed by atoms with van der Waals surface area (Å²) in [6.07, 6.45) is 2.79. The first kappa shape index (κ1) is 19.6. The summed E-state index contributed by atoms with van der Waals surface area (Å²) >= 11 is 0. The summed E-state index contributed by atoms with van der Waals surface area (Å²) in [5.74, 6) is 1.23. The molecular weight excluding hydrogens is 348 g/mol. The van der Waals surface area contributed by atoms with Crippen molar-refractivity contribution in [3.63, 3.8) is 0 Å². The standard InChI is InChI=1S/C18H30N6O3/c1-3-22-10-7-19-17(26)14(22)12-16(25)23-8-5-13(6-9-23)11-15-20-21-18(27)24(15)4-2/h13-14H,3-12H2,1-2H3,(H,19,26)(H,21,27)/t14-/m1/s1. The third-order valence-corrected chi connectivity index (χ3v) is 5.81. The van der Waals surface area contributed by atoms with Crippen molar-refractivity contribution in [2.45, 2.75) is 52.1 Å². The van der Waals surface area contributed by atoms with Gasteiger partial charge in [-0.3, -0.25) is 19.1 Å². The summed E-state index contributed by atoms with van der Waals surface area (Å²) in [6, 6.07) is -0.350. The second-order valence-corrected chi connectivity index (χ2v) is 7.36. The molecule has 2 aliphatic heterocycles. The molecule has 27 heavy (non-hydrogen) atoms. The summed E-state index contributed by atoms with van der Waals surface area (Å²) in [4.78, 5) is 40.5. The topological polar surface area (TPSA) is 103 Å². The van der Waals surface area contributed by atoms with Gasteiger partial charge in [-0.1, -0.05) is 6.92 Å². The number of rotatable bonds is 6. The molecule has 2 aliphatic rings. The number of carbonyl (C=O) groups is 2. The van der Waals surface area contributed by atoms with Gasteiger partial charge < -0.3 is 10.2 Å². The summed E-state index contributed by atoms with van der Waals surface area (Å²) in [7, 11) is 0. The van der Waals surface area contributed by atoms with Gasteiger partial charge in [0.25, 0.3) is 0 Å². The number of aromatic amines is 1. The smallest absolute Gasteiger partial charge is 0.343 e. The van der Waals surface area contributed by atoms with Crippen LogP contribution in [0.15, 0.2) is 4.79 Å². The number of hydrogen-bond donors (Lipinski definition) is 2. The first-order chi connectivity index (χ1) is 13.0. The van der Waals surface area contributed by atoms with Gasteiger partial charge in [0.15, 0.2) is 0 Å². The van der Waals surface area contributed by atoms with Crippen LogP contribution in [0.2, 0.25) is 0 Å². The highest BCUT2D eigenvalue weighted by Gasteiger charge is 2.33. The van der Waals surface area contributed by atoms with Gasteiger partial charge in [-0.15, -0.1) is 0 Å². The molecule has 3 heterocycles. The van der Waals surface area contributed by atoms with Gasteiger partial charge >= 0.3 is 5.69 Å². The third kappa shape index (κ3) is 4.40. The number of carbonyl (C=O) groups excluding carboxylic acids is 2. The van der Waals surface area contributed by atoms with Gasteiger partial charge in [0.2, 0.25) is 11.8 Å². The molecule has 0 unspecified atom stereocenters. The molecule has 0 bridgehead atoms. The molecule has 2 saturated heterocycles. The maximum atomic E-state index is 12.7. The first-order valence-corrected chi connectivity index (χ1v) is 9.97. The Hall–Kier alpha value is -2.16. The Kier molecular flexibility index (Phi) is 6.30. The van der Waals surface area contributed by atoms with Crippen molar-refractivity contribution in [1.29, 1.82) is 0 Å². The van der Waals surface area contributed by atoms with E-state index in [0.717, 1.165) is 38.2 Å². The van der Waals surface area contributed by atoms with Crippen molar-refractivity contribution in [2.75, 3.05) is 32.7 Å². The summed E-state index contributed by atoms with van der Waals surface area (Å²) in [6.45, 7) is 8.18. The fraction of sp³-hybridized carbons (Fsp3) is 0.778. The van der Waals surface area contributed by atoms with Gasteiger partial charge in [0, 0.05) is 39.1 Å². The highest BCUT2D eigenvalue weighted by molar-refractivity contribution is 5.88. The Morgan fingerprint density at radius 3 is 2.56 bits per heavy atom. The quantitative estimate of drug-likeness (QED) is 0.700. The van der Waals surface area contributed by atoms with Crippen molar-refractivity contribution in [3.05, 3.63) is 16.3 Å². The first-order valence-electron chi connectivity index (χ1n) is 9.97. The molecule has 3 rings (SSSR count). The summed E-state index contributed by atoms with van der Waals surface area (Å²) < 4.78 is 1.67. The van der Waals surface area contributed by atoms with Crippen molar-refractivity contribution in [2.24, 2.45) is 5.92 Å². The van der Waals surface area contributed by atoms with E-state index in [1.807, 2.05) is 18.7 Å². The van der Waals surface area contributed by atoms with E-state index in [-0.39, 0.29) is 30.0 Å². The van der Waals surface area contributed by atoms with Crippen molar-refractivity contribution in [3.8, 4) is 0 Å². The van der Waals surface area contributed by atoms with Crippen LogP contribution in [-0.4, -0.2) is 75.1 Å². The molecule has 9 heteroatoms. The van der Waals surface area contributed by atoms with Crippen LogP contribution in [0.1, 0.15) is 38.9 Å². The van der Waals surface area contributed by atoms with Gasteiger partial charge in [-0.25, -0.2) is 9.89 Å². The monoisotopic (exact) mass is 378 g/mol. The lowest BCUT2D eigenvalue weighted by molar-refractivity contribution is -0.139. The summed E-state index contributed by atoms with van der Waals surface area (Å²) in [5, 5.41) is 9.51. The number of likely N-dealkylation sites (tertiary alicyclic amines) is 1. The Bertz CT molecular complexity index is 719. The third-order valence-electron chi connectivity index (χ3n) is 5.81. The minimum atomic E-state index is -0.350. The van der Waals surface area contributed by atoms with E-state index in [1.165, 1.54) is 0 Å². The number of H-pyrrole nitrogens is 1. The number of aromatic nitrogens is 3. The molecule has 9 nitrogen and oxygen atoms in total. The van der Waals surface area contributed by atoms with Crippen LogP contribution < -0.4 is 11.0 Å². The fourth-order valence-corrected chi connectivity index (χ4v) is 4.13. The highest BCUT2D eigenvalue weighted by atomic mass is 16.2. The van der Waals surface area contributed by atoms with E-state index in [9.17, 15) is 14.4 Å². The van der Waals surface area contributed by atoms with Crippen LogP contribution in [-0.2, 0) is 22.6 Å². The van der Waals surface area contributed by atoms with Crippen LogP contribution in [0.5, 0.6) is 0 Å². The zero-order chi connectivity index (χ0) is 19.4. The van der Waals surface area contributed by atoms with E-state index in [1.54, 1.807) is 4.57 Å².